The SMILES string of the molecule is Cl.Cl.NCc1ccc(COc2cccc([C@](O)(C(=O)O)c3ccccc3)c2)cc1. The van der Waals surface area contributed by atoms with Gasteiger partial charge in [0.1, 0.15) is 12.4 Å². The third-order valence-corrected chi connectivity index (χ3v) is 4.42. The number of aliphatic carboxylic acids is 1. The molecule has 0 saturated heterocycles. The number of aliphatic hydroxyl groups is 1. The van der Waals surface area contributed by atoms with E-state index in [-0.39, 0.29) is 35.9 Å². The molecule has 3 rings (SSSR count). The fourth-order valence-corrected chi connectivity index (χ4v) is 2.84. The number of hydrogen-bond donors (Lipinski definition) is 3. The molecule has 3 aromatic carbocycles. The molecule has 29 heavy (non-hydrogen) atoms. The van der Waals surface area contributed by atoms with E-state index >= 15 is 0 Å². The minimum Gasteiger partial charge on any atom is -0.489 e. The van der Waals surface area contributed by atoms with Crippen molar-refractivity contribution < 1.29 is 19.7 Å². The van der Waals surface area contributed by atoms with Crippen molar-refractivity contribution in [2.75, 3.05) is 0 Å². The predicted octanol–water partition coefficient (Wildman–Crippen LogP) is 3.89. The number of carboxylic acids is 1. The van der Waals surface area contributed by atoms with Crippen molar-refractivity contribution in [3.63, 3.8) is 0 Å². The molecule has 1 atom stereocenters. The van der Waals surface area contributed by atoms with Crippen LogP contribution in [0.1, 0.15) is 22.3 Å². The quantitative estimate of drug-likeness (QED) is 0.523. The second kappa shape index (κ2) is 10.8. The van der Waals surface area contributed by atoms with Gasteiger partial charge in [-0.3, -0.25) is 0 Å². The zero-order valence-corrected chi connectivity index (χ0v) is 17.2. The fraction of sp³-hybridized carbons (Fsp3) is 0.136. The molecule has 4 N–H and O–H groups in total. The number of carboxylic acid groups (broad SMARTS) is 1. The van der Waals surface area contributed by atoms with Gasteiger partial charge in [0.25, 0.3) is 0 Å². The molecule has 0 radical (unpaired) electrons. The summed E-state index contributed by atoms with van der Waals surface area (Å²) < 4.78 is 5.78. The van der Waals surface area contributed by atoms with E-state index in [4.69, 9.17) is 10.5 Å². The molecule has 0 fully saturated rings. The van der Waals surface area contributed by atoms with Gasteiger partial charge in [0.05, 0.1) is 0 Å². The standard InChI is InChI=1S/C22H21NO4.2ClH/c23-14-16-9-11-17(12-10-16)15-27-20-8-4-7-19(13-20)22(26,21(24)25)18-5-2-1-3-6-18;;/h1-13,26H,14-15,23H2,(H,24,25);2*1H/t22-;;/m0../s1. The highest BCUT2D eigenvalue weighted by Crippen LogP contribution is 2.32. The Morgan fingerprint density at radius 1 is 0.862 bits per heavy atom. The van der Waals surface area contributed by atoms with Crippen molar-refractivity contribution in [3.05, 3.63) is 101 Å². The van der Waals surface area contributed by atoms with Gasteiger partial charge in [0.2, 0.25) is 5.60 Å². The van der Waals surface area contributed by atoms with Gasteiger partial charge in [0.15, 0.2) is 0 Å². The van der Waals surface area contributed by atoms with Crippen LogP contribution in [0.3, 0.4) is 0 Å². The summed E-state index contributed by atoms with van der Waals surface area (Å²) in [7, 11) is 0. The van der Waals surface area contributed by atoms with Crippen LogP contribution in [0.25, 0.3) is 0 Å². The van der Waals surface area contributed by atoms with Crippen LogP contribution in [0, 0.1) is 0 Å². The van der Waals surface area contributed by atoms with Gasteiger partial charge in [-0.15, -0.1) is 24.8 Å². The van der Waals surface area contributed by atoms with Crippen molar-refractivity contribution in [1.29, 1.82) is 0 Å². The molecule has 7 heteroatoms. The Morgan fingerprint density at radius 2 is 1.45 bits per heavy atom. The van der Waals surface area contributed by atoms with E-state index in [9.17, 15) is 15.0 Å². The average molecular weight is 436 g/mol. The summed E-state index contributed by atoms with van der Waals surface area (Å²) in [4.78, 5) is 11.9. The van der Waals surface area contributed by atoms with Crippen LogP contribution >= 0.6 is 24.8 Å². The van der Waals surface area contributed by atoms with E-state index in [2.05, 4.69) is 0 Å². The molecule has 0 heterocycles. The zero-order chi connectivity index (χ0) is 19.3. The number of rotatable bonds is 7. The largest absolute Gasteiger partial charge is 0.489 e. The lowest BCUT2D eigenvalue weighted by atomic mass is 9.86. The minimum atomic E-state index is -2.15. The van der Waals surface area contributed by atoms with Gasteiger partial charge in [-0.1, -0.05) is 66.7 Å². The first kappa shape index (κ1) is 24.5. The van der Waals surface area contributed by atoms with Crippen LogP contribution in [0.4, 0.5) is 0 Å². The lowest BCUT2D eigenvalue weighted by molar-refractivity contribution is -0.155. The van der Waals surface area contributed by atoms with Crippen LogP contribution < -0.4 is 10.5 Å². The Bertz CT molecular complexity index is 920. The van der Waals surface area contributed by atoms with Gasteiger partial charge >= 0.3 is 5.97 Å². The van der Waals surface area contributed by atoms with Crippen molar-refractivity contribution in [2.45, 2.75) is 18.8 Å². The summed E-state index contributed by atoms with van der Waals surface area (Å²) in [5, 5.41) is 20.6. The maximum Gasteiger partial charge on any atom is 0.345 e. The average Bonchev–Trinajstić information content (AvgIpc) is 2.72. The second-order valence-electron chi connectivity index (χ2n) is 6.22. The predicted molar refractivity (Wildman–Crippen MR) is 117 cm³/mol. The first-order valence-electron chi connectivity index (χ1n) is 8.56. The van der Waals surface area contributed by atoms with E-state index in [0.29, 0.717) is 18.9 Å². The molecular formula is C22H23Cl2NO4. The number of hydrogen-bond acceptors (Lipinski definition) is 4. The first-order valence-corrected chi connectivity index (χ1v) is 8.56. The molecule has 5 nitrogen and oxygen atoms in total. The number of nitrogens with two attached hydrogens (primary N) is 1. The smallest absolute Gasteiger partial charge is 0.345 e. The Balaban J connectivity index is 0.00000210. The molecule has 0 spiro atoms. The van der Waals surface area contributed by atoms with Gasteiger partial charge in [-0.2, -0.15) is 0 Å². The summed E-state index contributed by atoms with van der Waals surface area (Å²) >= 11 is 0. The summed E-state index contributed by atoms with van der Waals surface area (Å²) in [5.74, 6) is -0.866. The Labute approximate surface area is 182 Å². The van der Waals surface area contributed by atoms with Crippen LogP contribution in [-0.2, 0) is 23.5 Å². The summed E-state index contributed by atoms with van der Waals surface area (Å²) in [6.07, 6.45) is 0. The fourth-order valence-electron chi connectivity index (χ4n) is 2.84. The molecular weight excluding hydrogens is 413 g/mol. The summed E-state index contributed by atoms with van der Waals surface area (Å²) in [6, 6.07) is 22.6. The lowest BCUT2D eigenvalue weighted by Crippen LogP contribution is -2.36. The van der Waals surface area contributed by atoms with Gasteiger partial charge in [-0.05, 0) is 28.8 Å². The molecule has 0 amide bonds. The normalized spacial score (nSPS) is 12.1. The molecule has 154 valence electrons. The highest BCUT2D eigenvalue weighted by atomic mass is 35.5. The molecule has 0 saturated carbocycles. The number of benzene rings is 3. The minimum absolute atomic E-state index is 0. The number of ether oxygens (including phenoxy) is 1. The van der Waals surface area contributed by atoms with E-state index in [1.165, 1.54) is 0 Å². The maximum atomic E-state index is 11.9. The van der Waals surface area contributed by atoms with E-state index in [0.717, 1.165) is 11.1 Å². The Hall–Kier alpha value is -2.57. The third-order valence-electron chi connectivity index (χ3n) is 4.42. The van der Waals surface area contributed by atoms with Gasteiger partial charge in [-0.25, -0.2) is 4.79 Å². The Morgan fingerprint density at radius 3 is 2.03 bits per heavy atom. The second-order valence-corrected chi connectivity index (χ2v) is 6.22. The zero-order valence-electron chi connectivity index (χ0n) is 15.5. The van der Waals surface area contributed by atoms with Crippen molar-refractivity contribution in [2.24, 2.45) is 5.73 Å². The van der Waals surface area contributed by atoms with Crippen LogP contribution in [-0.4, -0.2) is 16.2 Å². The van der Waals surface area contributed by atoms with E-state index in [1.807, 2.05) is 24.3 Å². The molecule has 0 bridgehead atoms. The number of carbonyl (C=O) groups is 1. The van der Waals surface area contributed by atoms with Crippen LogP contribution in [0.5, 0.6) is 5.75 Å². The Kier molecular flexibility index (Phi) is 9.14. The first-order chi connectivity index (χ1) is 13.0. The summed E-state index contributed by atoms with van der Waals surface area (Å²) in [5.41, 5.74) is 5.96. The van der Waals surface area contributed by atoms with Crippen molar-refractivity contribution >= 4 is 30.8 Å². The van der Waals surface area contributed by atoms with E-state index in [1.54, 1.807) is 54.6 Å². The molecule has 0 aromatic heterocycles. The molecule has 0 aliphatic rings. The maximum absolute atomic E-state index is 11.9. The summed E-state index contributed by atoms with van der Waals surface area (Å²) in [6.45, 7) is 0.807. The molecule has 0 aliphatic carbocycles. The molecule has 0 aliphatic heterocycles. The third kappa shape index (κ3) is 5.49. The van der Waals surface area contributed by atoms with Crippen LogP contribution in [0.15, 0.2) is 78.9 Å². The molecule has 3 aromatic rings. The molecule has 0 unspecified atom stereocenters. The van der Waals surface area contributed by atoms with Crippen molar-refractivity contribution in [1.82, 2.24) is 0 Å². The van der Waals surface area contributed by atoms with E-state index < -0.39 is 11.6 Å². The number of halogens is 2. The highest BCUT2D eigenvalue weighted by Gasteiger charge is 2.40. The van der Waals surface area contributed by atoms with Crippen molar-refractivity contribution in [3.8, 4) is 5.75 Å². The van der Waals surface area contributed by atoms with Gasteiger partial charge < -0.3 is 20.7 Å². The monoisotopic (exact) mass is 435 g/mol. The highest BCUT2D eigenvalue weighted by molar-refractivity contribution is 5.85. The van der Waals surface area contributed by atoms with Gasteiger partial charge in [0, 0.05) is 12.1 Å². The topological polar surface area (TPSA) is 92.8 Å². The lowest BCUT2D eigenvalue weighted by Gasteiger charge is -2.25. The van der Waals surface area contributed by atoms with Crippen LogP contribution in [0.2, 0.25) is 0 Å².